The van der Waals surface area contributed by atoms with Crippen LogP contribution in [0.5, 0.6) is 0 Å². The predicted octanol–water partition coefficient (Wildman–Crippen LogP) is 3.33. The fourth-order valence-corrected chi connectivity index (χ4v) is 4.03. The van der Waals surface area contributed by atoms with Crippen LogP contribution in [0.15, 0.2) is 18.7 Å². The predicted molar refractivity (Wildman–Crippen MR) is 122 cm³/mol. The van der Waals surface area contributed by atoms with Gasteiger partial charge in [0.25, 0.3) is 0 Å². The molecular weight excluding hydrogens is 414 g/mol. The van der Waals surface area contributed by atoms with E-state index >= 15 is 0 Å². The van der Waals surface area contributed by atoms with Crippen molar-refractivity contribution in [2.24, 2.45) is 0 Å². The molecule has 0 radical (unpaired) electrons. The highest BCUT2D eigenvalue weighted by Gasteiger charge is 2.32. The Morgan fingerprint density at radius 3 is 2.61 bits per heavy atom. The Labute approximate surface area is 184 Å². The number of aromatic nitrogens is 3. The quantitative estimate of drug-likeness (QED) is 0.498. The molecule has 1 aliphatic heterocycles. The summed E-state index contributed by atoms with van der Waals surface area (Å²) in [5.41, 5.74) is 0.857. The van der Waals surface area contributed by atoms with E-state index in [0.29, 0.717) is 26.4 Å². The summed E-state index contributed by atoms with van der Waals surface area (Å²) < 4.78 is 13.2. The molecular formula is C21H33N5O4Si. The number of rotatable bonds is 6. The molecule has 0 atom stereocenters. The minimum atomic E-state index is -1.17. The standard InChI is InChI=1S/C21H33N5O4Si/c1-21(2,3)30-20(28)24-7-8-26(18(27)13-24)17-12-25(15-29-9-10-31(4,5)6)19-16(17)11-22-14-23-19/h11-12,14H,7-10,13,15H2,1-6H3. The average molecular weight is 448 g/mol. The van der Waals surface area contributed by atoms with Crippen LogP contribution in [0.3, 0.4) is 0 Å². The van der Waals surface area contributed by atoms with E-state index in [1.165, 1.54) is 11.2 Å². The number of piperazine rings is 1. The monoisotopic (exact) mass is 447 g/mol. The zero-order chi connectivity index (χ0) is 22.8. The summed E-state index contributed by atoms with van der Waals surface area (Å²) in [7, 11) is -1.17. The van der Waals surface area contributed by atoms with Gasteiger partial charge in [0.05, 0.1) is 11.1 Å². The molecule has 10 heteroatoms. The highest BCUT2D eigenvalue weighted by molar-refractivity contribution is 6.76. The third-order valence-corrected chi connectivity index (χ3v) is 6.61. The van der Waals surface area contributed by atoms with Crippen molar-refractivity contribution in [1.29, 1.82) is 0 Å². The molecule has 1 aliphatic rings. The van der Waals surface area contributed by atoms with Crippen LogP contribution >= 0.6 is 0 Å². The van der Waals surface area contributed by atoms with Gasteiger partial charge < -0.3 is 18.9 Å². The molecule has 0 aromatic carbocycles. The summed E-state index contributed by atoms with van der Waals surface area (Å²) in [6.45, 7) is 14.2. The van der Waals surface area contributed by atoms with Crippen LogP contribution in [0, 0.1) is 0 Å². The van der Waals surface area contributed by atoms with Crippen LogP contribution in [0.2, 0.25) is 25.7 Å². The number of amides is 2. The summed E-state index contributed by atoms with van der Waals surface area (Å²) in [6, 6.07) is 1.08. The highest BCUT2D eigenvalue weighted by atomic mass is 28.3. The van der Waals surface area contributed by atoms with Gasteiger partial charge in [-0.3, -0.25) is 9.69 Å². The fourth-order valence-electron chi connectivity index (χ4n) is 3.28. The first-order chi connectivity index (χ1) is 14.4. The number of carbonyl (C=O) groups excluding carboxylic acids is 2. The van der Waals surface area contributed by atoms with Crippen LogP contribution in [0.1, 0.15) is 20.8 Å². The molecule has 3 heterocycles. The molecule has 31 heavy (non-hydrogen) atoms. The molecule has 3 rings (SSSR count). The van der Waals surface area contributed by atoms with Crippen LogP contribution in [-0.4, -0.2) is 71.4 Å². The first-order valence-corrected chi connectivity index (χ1v) is 14.3. The van der Waals surface area contributed by atoms with Crippen molar-refractivity contribution in [2.75, 3.05) is 31.1 Å². The van der Waals surface area contributed by atoms with Gasteiger partial charge in [-0.1, -0.05) is 19.6 Å². The van der Waals surface area contributed by atoms with E-state index in [1.807, 2.05) is 31.5 Å². The second kappa shape index (κ2) is 8.95. The Hall–Kier alpha value is -2.46. The third kappa shape index (κ3) is 6.04. The molecule has 170 valence electrons. The molecule has 0 N–H and O–H groups in total. The zero-order valence-electron chi connectivity index (χ0n) is 19.3. The van der Waals surface area contributed by atoms with Crippen molar-refractivity contribution in [1.82, 2.24) is 19.4 Å². The van der Waals surface area contributed by atoms with Gasteiger partial charge in [0.1, 0.15) is 30.9 Å². The number of nitrogens with zero attached hydrogens (tertiary/aromatic N) is 5. The fraction of sp³-hybridized carbons (Fsp3) is 0.619. The topological polar surface area (TPSA) is 89.8 Å². The number of ether oxygens (including phenoxy) is 2. The maximum absolute atomic E-state index is 12.9. The van der Waals surface area contributed by atoms with E-state index in [9.17, 15) is 9.59 Å². The van der Waals surface area contributed by atoms with Crippen molar-refractivity contribution in [3.8, 4) is 0 Å². The summed E-state index contributed by atoms with van der Waals surface area (Å²) >= 11 is 0. The van der Waals surface area contributed by atoms with Gasteiger partial charge in [-0.2, -0.15) is 0 Å². The van der Waals surface area contributed by atoms with E-state index in [1.54, 1.807) is 11.1 Å². The van der Waals surface area contributed by atoms with Crippen molar-refractivity contribution in [3.63, 3.8) is 0 Å². The molecule has 2 aromatic rings. The van der Waals surface area contributed by atoms with E-state index in [2.05, 4.69) is 29.6 Å². The van der Waals surface area contributed by atoms with E-state index < -0.39 is 19.8 Å². The average Bonchev–Trinajstić information content (AvgIpc) is 3.02. The lowest BCUT2D eigenvalue weighted by Gasteiger charge is -2.34. The number of carbonyl (C=O) groups is 2. The first-order valence-electron chi connectivity index (χ1n) is 10.6. The Morgan fingerprint density at radius 2 is 1.97 bits per heavy atom. The molecule has 0 spiro atoms. The van der Waals surface area contributed by atoms with Crippen LogP contribution < -0.4 is 4.90 Å². The van der Waals surface area contributed by atoms with Crippen molar-refractivity contribution in [3.05, 3.63) is 18.7 Å². The minimum absolute atomic E-state index is 0.0258. The lowest BCUT2D eigenvalue weighted by Crippen LogP contribution is -2.53. The summed E-state index contributed by atoms with van der Waals surface area (Å²) in [4.78, 5) is 36.9. The van der Waals surface area contributed by atoms with Gasteiger partial charge >= 0.3 is 6.09 Å². The van der Waals surface area contributed by atoms with E-state index in [4.69, 9.17) is 9.47 Å². The first kappa shape index (κ1) is 23.2. The van der Waals surface area contributed by atoms with Gasteiger partial charge in [0.15, 0.2) is 0 Å². The maximum Gasteiger partial charge on any atom is 0.410 e. The summed E-state index contributed by atoms with van der Waals surface area (Å²) in [5, 5.41) is 0.787. The SMILES string of the molecule is CC(C)(C)OC(=O)N1CCN(c2cn(COCC[Si](C)(C)C)c3ncncc23)C(=O)C1. The molecule has 1 fully saturated rings. The molecule has 2 amide bonds. The maximum atomic E-state index is 12.9. The van der Waals surface area contributed by atoms with Gasteiger partial charge in [-0.05, 0) is 26.8 Å². The smallest absolute Gasteiger partial charge is 0.410 e. The van der Waals surface area contributed by atoms with Gasteiger partial charge in [0.2, 0.25) is 5.91 Å². The minimum Gasteiger partial charge on any atom is -0.444 e. The van der Waals surface area contributed by atoms with Crippen LogP contribution in [0.25, 0.3) is 11.0 Å². The van der Waals surface area contributed by atoms with Crippen LogP contribution in [-0.2, 0) is 21.0 Å². The van der Waals surface area contributed by atoms with Gasteiger partial charge in [0, 0.05) is 40.2 Å². The number of hydrogen-bond acceptors (Lipinski definition) is 6. The van der Waals surface area contributed by atoms with Gasteiger partial charge in [-0.25, -0.2) is 14.8 Å². The van der Waals surface area contributed by atoms with Crippen molar-refractivity contribution >= 4 is 36.8 Å². The van der Waals surface area contributed by atoms with Crippen molar-refractivity contribution < 1.29 is 19.1 Å². The van der Waals surface area contributed by atoms with Crippen molar-refractivity contribution in [2.45, 2.75) is 58.8 Å². The van der Waals surface area contributed by atoms with Crippen LogP contribution in [0.4, 0.5) is 10.5 Å². The summed E-state index contributed by atoms with van der Waals surface area (Å²) in [5.74, 6) is -0.167. The second-order valence-electron chi connectivity index (χ2n) is 10.0. The Kier molecular flexibility index (Phi) is 6.70. The Bertz CT molecular complexity index is 947. The number of anilines is 1. The lowest BCUT2D eigenvalue weighted by molar-refractivity contribution is -0.121. The molecule has 0 bridgehead atoms. The Morgan fingerprint density at radius 1 is 1.23 bits per heavy atom. The number of fused-ring (bicyclic) bond motifs is 1. The number of hydrogen-bond donors (Lipinski definition) is 0. The summed E-state index contributed by atoms with van der Waals surface area (Å²) in [6.07, 6.45) is 4.62. The van der Waals surface area contributed by atoms with Gasteiger partial charge in [-0.15, -0.1) is 0 Å². The zero-order valence-corrected chi connectivity index (χ0v) is 20.3. The molecule has 0 saturated carbocycles. The second-order valence-corrected chi connectivity index (χ2v) is 15.7. The highest BCUT2D eigenvalue weighted by Crippen LogP contribution is 2.29. The molecule has 9 nitrogen and oxygen atoms in total. The Balaban J connectivity index is 1.73. The molecule has 0 unspecified atom stereocenters. The third-order valence-electron chi connectivity index (χ3n) is 4.91. The molecule has 0 aliphatic carbocycles. The van der Waals surface area contributed by atoms with E-state index in [-0.39, 0.29) is 12.5 Å². The van der Waals surface area contributed by atoms with E-state index in [0.717, 1.165) is 22.8 Å². The largest absolute Gasteiger partial charge is 0.444 e. The molecule has 2 aromatic heterocycles. The molecule has 1 saturated heterocycles. The lowest BCUT2D eigenvalue weighted by atomic mass is 10.2. The normalized spacial score (nSPS) is 15.6.